The summed E-state index contributed by atoms with van der Waals surface area (Å²) in [7, 11) is -4.00. The van der Waals surface area contributed by atoms with Crippen molar-refractivity contribution < 1.29 is 22.8 Å². The second kappa shape index (κ2) is 8.61. The van der Waals surface area contributed by atoms with Crippen LogP contribution in [0.3, 0.4) is 0 Å². The summed E-state index contributed by atoms with van der Waals surface area (Å²) in [5.41, 5.74) is -0.612. The van der Waals surface area contributed by atoms with Crippen molar-refractivity contribution in [2.75, 3.05) is 20.4 Å². The number of hydrogen-bond acceptors (Lipinski definition) is 7. The number of nitrogens with one attached hydrogen (secondary N) is 1. The van der Waals surface area contributed by atoms with Gasteiger partial charge in [0.15, 0.2) is 8.32 Å². The Balaban J connectivity index is 2.27. The molecule has 0 spiro atoms. The van der Waals surface area contributed by atoms with Gasteiger partial charge in [0.05, 0.1) is 12.7 Å². The molecule has 0 amide bonds. The molecule has 1 saturated heterocycles. The number of rotatable bonds is 7. The molecule has 1 aromatic rings. The van der Waals surface area contributed by atoms with E-state index in [0.29, 0.717) is 5.56 Å². The smallest absolute Gasteiger partial charge is 0.330 e. The first-order valence-corrected chi connectivity index (χ1v) is 14.5. The van der Waals surface area contributed by atoms with Crippen molar-refractivity contribution in [1.82, 2.24) is 9.55 Å². The number of ether oxygens (including phenoxy) is 1. The average Bonchev–Trinajstić information content (AvgIpc) is 2.97. The van der Waals surface area contributed by atoms with Gasteiger partial charge in [0.25, 0.3) is 5.56 Å². The lowest BCUT2D eigenvalue weighted by molar-refractivity contribution is -0.0408. The van der Waals surface area contributed by atoms with E-state index in [9.17, 15) is 14.2 Å². The quantitative estimate of drug-likeness (QED) is 0.504. The molecule has 11 heteroatoms. The Hall–Kier alpha value is -1.03. The highest BCUT2D eigenvalue weighted by Crippen LogP contribution is 2.48. The normalized spacial score (nSPS) is 25.2. The second-order valence-corrected chi connectivity index (χ2v) is 15.9. The molecule has 2 heterocycles. The van der Waals surface area contributed by atoms with Crippen molar-refractivity contribution in [3.05, 3.63) is 32.6 Å². The van der Waals surface area contributed by atoms with Crippen molar-refractivity contribution in [3.8, 4) is 0 Å². The van der Waals surface area contributed by atoms with Crippen LogP contribution in [0.1, 0.15) is 39.0 Å². The van der Waals surface area contributed by atoms with Crippen molar-refractivity contribution in [1.29, 1.82) is 0 Å². The van der Waals surface area contributed by atoms with Gasteiger partial charge in [0.2, 0.25) is 0 Å². The van der Waals surface area contributed by atoms with Crippen LogP contribution in [-0.4, -0.2) is 50.5 Å². The minimum atomic E-state index is -3.27. The predicted molar refractivity (Wildman–Crippen MR) is 113 cm³/mol. The van der Waals surface area contributed by atoms with Gasteiger partial charge in [0.1, 0.15) is 12.3 Å². The molecule has 0 radical (unpaired) electrons. The summed E-state index contributed by atoms with van der Waals surface area (Å²) in [6.45, 7) is 13.9. The Morgan fingerprint density at radius 3 is 2.52 bits per heavy atom. The first-order valence-electron chi connectivity index (χ1n) is 9.60. The van der Waals surface area contributed by atoms with E-state index in [2.05, 4.69) is 38.8 Å². The Bertz CT molecular complexity index is 889. The van der Waals surface area contributed by atoms with Gasteiger partial charge >= 0.3 is 13.3 Å². The zero-order valence-corrected chi connectivity index (χ0v) is 20.4. The van der Waals surface area contributed by atoms with Crippen LogP contribution in [0.15, 0.2) is 15.8 Å². The number of aromatic amines is 1. The number of hydrogen-bond donors (Lipinski definition) is 1. The van der Waals surface area contributed by atoms with E-state index in [1.54, 1.807) is 6.92 Å². The van der Waals surface area contributed by atoms with Crippen molar-refractivity contribution in [2.45, 2.75) is 70.7 Å². The lowest BCUT2D eigenvalue weighted by Gasteiger charge is -2.37. The maximum atomic E-state index is 12.4. The van der Waals surface area contributed by atoms with Crippen molar-refractivity contribution in [2.24, 2.45) is 0 Å². The summed E-state index contributed by atoms with van der Waals surface area (Å²) in [6.07, 6.45) is -0.0516. The van der Waals surface area contributed by atoms with Crippen LogP contribution in [0, 0.1) is 6.92 Å². The summed E-state index contributed by atoms with van der Waals surface area (Å²) in [5, 5.41) is 0.0148. The zero-order chi connectivity index (χ0) is 22.2. The predicted octanol–water partition coefficient (Wildman–Crippen LogP) is 3.01. The number of aryl methyl sites for hydroxylation is 1. The van der Waals surface area contributed by atoms with Crippen LogP contribution in [0.25, 0.3) is 0 Å². The van der Waals surface area contributed by atoms with Crippen molar-refractivity contribution in [3.63, 3.8) is 0 Å². The zero-order valence-electron chi connectivity index (χ0n) is 18.5. The molecule has 9 nitrogen and oxygen atoms in total. The van der Waals surface area contributed by atoms with Gasteiger partial charge in [-0.2, -0.15) is 0 Å². The van der Waals surface area contributed by atoms with E-state index in [1.165, 1.54) is 24.5 Å². The van der Waals surface area contributed by atoms with Crippen LogP contribution in [0.5, 0.6) is 0 Å². The topological polar surface area (TPSA) is 109 Å². The SMILES string of the molecule is COP(C)(=O)O[C@H]1C[C@H](n2cc(C)c(=O)[nH]c2=O)O[C@@H]1CO[Si](C)(C)C(C)(C)C. The van der Waals surface area contributed by atoms with Gasteiger partial charge in [-0.1, -0.05) is 20.8 Å². The fraction of sp³-hybridized carbons (Fsp3) is 0.778. The van der Waals surface area contributed by atoms with Gasteiger partial charge in [-0.15, -0.1) is 0 Å². The Labute approximate surface area is 172 Å². The lowest BCUT2D eigenvalue weighted by Crippen LogP contribution is -2.44. The third kappa shape index (κ3) is 5.77. The maximum absolute atomic E-state index is 12.4. The molecule has 2 rings (SSSR count). The van der Waals surface area contributed by atoms with Gasteiger partial charge in [-0.3, -0.25) is 18.9 Å². The molecule has 29 heavy (non-hydrogen) atoms. The number of aromatic nitrogens is 2. The highest BCUT2D eigenvalue weighted by atomic mass is 31.2. The molecule has 166 valence electrons. The second-order valence-electron chi connectivity index (χ2n) is 9.01. The van der Waals surface area contributed by atoms with Gasteiger partial charge < -0.3 is 18.2 Å². The molecule has 0 bridgehead atoms. The summed E-state index contributed by atoms with van der Waals surface area (Å²) in [5.74, 6) is 0. The van der Waals surface area contributed by atoms with E-state index in [-0.39, 0.29) is 18.1 Å². The third-order valence-corrected chi connectivity index (χ3v) is 11.5. The maximum Gasteiger partial charge on any atom is 0.330 e. The third-order valence-electron chi connectivity index (χ3n) is 5.71. The first kappa shape index (κ1) is 24.2. The highest BCUT2D eigenvalue weighted by molar-refractivity contribution is 7.52. The highest BCUT2D eigenvalue weighted by Gasteiger charge is 2.43. The lowest BCUT2D eigenvalue weighted by atomic mass is 10.2. The van der Waals surface area contributed by atoms with Crippen LogP contribution < -0.4 is 11.2 Å². The summed E-state index contributed by atoms with van der Waals surface area (Å²) >= 11 is 0. The Morgan fingerprint density at radius 2 is 1.97 bits per heavy atom. The standard InChI is InChI=1S/C18H33N2O7PSi/c1-12-10-20(17(22)19-16(12)21)15-9-13(27-28(6,23)24-5)14(26-15)11-25-29(7,8)18(2,3)4/h10,13-15H,9,11H2,1-8H3,(H,19,21,22)/t13-,14+,15+,28?/m0/s1. The first-order chi connectivity index (χ1) is 13.2. The van der Waals surface area contributed by atoms with Gasteiger partial charge in [0, 0.05) is 32.0 Å². The van der Waals surface area contributed by atoms with Crippen LogP contribution in [-0.2, 0) is 22.8 Å². The fourth-order valence-corrected chi connectivity index (χ4v) is 4.54. The van der Waals surface area contributed by atoms with Crippen LogP contribution >= 0.6 is 7.60 Å². The fourth-order valence-electron chi connectivity index (χ4n) is 2.73. The summed E-state index contributed by atoms with van der Waals surface area (Å²) in [6, 6.07) is 0. The molecule has 1 N–H and O–H groups in total. The van der Waals surface area contributed by atoms with Crippen LogP contribution in [0.2, 0.25) is 18.1 Å². The van der Waals surface area contributed by atoms with Crippen LogP contribution in [0.4, 0.5) is 0 Å². The molecule has 1 unspecified atom stereocenters. The van der Waals surface area contributed by atoms with Crippen molar-refractivity contribution >= 4 is 15.9 Å². The molecule has 1 aromatic heterocycles. The summed E-state index contributed by atoms with van der Waals surface area (Å²) in [4.78, 5) is 26.2. The largest absolute Gasteiger partial charge is 0.414 e. The molecular weight excluding hydrogens is 415 g/mol. The van der Waals surface area contributed by atoms with E-state index in [1.807, 2.05) is 0 Å². The average molecular weight is 449 g/mol. The number of H-pyrrole nitrogens is 1. The molecule has 0 aromatic carbocycles. The monoisotopic (exact) mass is 448 g/mol. The van der Waals surface area contributed by atoms with Gasteiger partial charge in [-0.25, -0.2) is 4.79 Å². The van der Waals surface area contributed by atoms with E-state index in [0.717, 1.165) is 0 Å². The molecule has 1 fully saturated rings. The van der Waals surface area contributed by atoms with E-state index in [4.69, 9.17) is 18.2 Å². The minimum Gasteiger partial charge on any atom is -0.414 e. The molecule has 0 saturated carbocycles. The van der Waals surface area contributed by atoms with E-state index < -0.39 is 45.6 Å². The van der Waals surface area contributed by atoms with E-state index >= 15 is 0 Å². The summed E-state index contributed by atoms with van der Waals surface area (Å²) < 4.78 is 36.8. The van der Waals surface area contributed by atoms with Gasteiger partial charge in [-0.05, 0) is 25.1 Å². The molecule has 4 atom stereocenters. The molecule has 1 aliphatic rings. The number of nitrogens with zero attached hydrogens (tertiary/aromatic N) is 1. The molecular formula is C18H33N2O7PSi. The Kier molecular flexibility index (Phi) is 7.19. The Morgan fingerprint density at radius 1 is 1.34 bits per heavy atom. The minimum absolute atomic E-state index is 0.0148. The molecule has 1 aliphatic heterocycles. The molecule has 0 aliphatic carbocycles.